The molecule has 3 atom stereocenters. The third kappa shape index (κ3) is 5.68. The lowest BCUT2D eigenvalue weighted by molar-refractivity contribution is -0.144. The van der Waals surface area contributed by atoms with Crippen LogP contribution in [0.15, 0.2) is 0 Å². The van der Waals surface area contributed by atoms with Gasteiger partial charge in [0, 0.05) is 5.92 Å². The molecule has 100 valence electrons. The predicted octanol–water partition coefficient (Wildman–Crippen LogP) is 0.977. The minimum Gasteiger partial charge on any atom is -0.480 e. The number of rotatable bonds is 8. The summed E-state index contributed by atoms with van der Waals surface area (Å²) in [6.07, 6.45) is 2.18. The number of carboxylic acids is 1. The first kappa shape index (κ1) is 15.9. The van der Waals surface area contributed by atoms with Gasteiger partial charge in [-0.05, 0) is 25.3 Å². The summed E-state index contributed by atoms with van der Waals surface area (Å²) in [6.45, 7) is 6.07. The largest absolute Gasteiger partial charge is 0.480 e. The highest BCUT2D eigenvalue weighted by atomic mass is 16.4. The van der Waals surface area contributed by atoms with E-state index < -0.39 is 12.0 Å². The van der Waals surface area contributed by atoms with Gasteiger partial charge in [0.2, 0.25) is 5.91 Å². The monoisotopic (exact) mass is 244 g/mol. The Bertz CT molecular complexity index is 256. The molecule has 5 nitrogen and oxygen atoms in total. The molecule has 0 aliphatic rings. The fourth-order valence-electron chi connectivity index (χ4n) is 1.53. The zero-order chi connectivity index (χ0) is 13.4. The van der Waals surface area contributed by atoms with Crippen molar-refractivity contribution in [3.05, 3.63) is 0 Å². The predicted molar refractivity (Wildman–Crippen MR) is 66.5 cm³/mol. The van der Waals surface area contributed by atoms with Gasteiger partial charge in [0.1, 0.15) is 6.04 Å². The molecule has 17 heavy (non-hydrogen) atoms. The van der Waals surface area contributed by atoms with Gasteiger partial charge >= 0.3 is 5.97 Å². The van der Waals surface area contributed by atoms with Crippen LogP contribution >= 0.6 is 0 Å². The zero-order valence-corrected chi connectivity index (χ0v) is 10.9. The Hall–Kier alpha value is -1.10. The van der Waals surface area contributed by atoms with Gasteiger partial charge in [0.15, 0.2) is 0 Å². The molecular weight excluding hydrogens is 220 g/mol. The van der Waals surface area contributed by atoms with E-state index in [-0.39, 0.29) is 17.7 Å². The van der Waals surface area contributed by atoms with Gasteiger partial charge in [-0.2, -0.15) is 0 Å². The second-order valence-corrected chi connectivity index (χ2v) is 4.54. The smallest absolute Gasteiger partial charge is 0.326 e. The van der Waals surface area contributed by atoms with Crippen molar-refractivity contribution < 1.29 is 14.7 Å². The maximum atomic E-state index is 11.8. The van der Waals surface area contributed by atoms with E-state index in [9.17, 15) is 9.59 Å². The Morgan fingerprint density at radius 2 is 1.94 bits per heavy atom. The highest BCUT2D eigenvalue weighted by molar-refractivity contribution is 5.84. The Morgan fingerprint density at radius 1 is 1.35 bits per heavy atom. The number of aliphatic carboxylic acids is 1. The van der Waals surface area contributed by atoms with Crippen LogP contribution in [0.4, 0.5) is 0 Å². The molecule has 0 heterocycles. The van der Waals surface area contributed by atoms with E-state index in [2.05, 4.69) is 5.32 Å². The van der Waals surface area contributed by atoms with Gasteiger partial charge in [0.25, 0.3) is 0 Å². The summed E-state index contributed by atoms with van der Waals surface area (Å²) >= 11 is 0. The highest BCUT2D eigenvalue weighted by Crippen LogP contribution is 2.11. The molecule has 0 fully saturated rings. The summed E-state index contributed by atoms with van der Waals surface area (Å²) < 4.78 is 0. The molecule has 0 bridgehead atoms. The fourth-order valence-corrected chi connectivity index (χ4v) is 1.53. The fraction of sp³-hybridized carbons (Fsp3) is 0.833. The average molecular weight is 244 g/mol. The summed E-state index contributed by atoms with van der Waals surface area (Å²) in [6, 6.07) is -0.798. The number of carbonyl (C=O) groups is 2. The summed E-state index contributed by atoms with van der Waals surface area (Å²) in [5.74, 6) is -1.44. The van der Waals surface area contributed by atoms with Crippen molar-refractivity contribution in [2.45, 2.75) is 46.1 Å². The number of hydrogen-bond donors (Lipinski definition) is 3. The van der Waals surface area contributed by atoms with E-state index in [1.54, 1.807) is 6.92 Å². The van der Waals surface area contributed by atoms with Crippen LogP contribution in [0.25, 0.3) is 0 Å². The second kappa shape index (κ2) is 8.06. The second-order valence-electron chi connectivity index (χ2n) is 4.54. The van der Waals surface area contributed by atoms with E-state index in [4.69, 9.17) is 10.8 Å². The molecule has 0 aliphatic carbocycles. The molecule has 3 unspecified atom stereocenters. The van der Waals surface area contributed by atoms with Crippen LogP contribution in [0.3, 0.4) is 0 Å². The lowest BCUT2D eigenvalue weighted by Crippen LogP contribution is -2.46. The summed E-state index contributed by atoms with van der Waals surface area (Å²) in [5, 5.41) is 11.6. The first-order chi connectivity index (χ1) is 7.93. The van der Waals surface area contributed by atoms with Gasteiger partial charge in [-0.25, -0.2) is 4.79 Å². The van der Waals surface area contributed by atoms with Gasteiger partial charge in [-0.1, -0.05) is 27.2 Å². The highest BCUT2D eigenvalue weighted by Gasteiger charge is 2.26. The van der Waals surface area contributed by atoms with Crippen molar-refractivity contribution in [2.24, 2.45) is 17.6 Å². The van der Waals surface area contributed by atoms with Crippen LogP contribution in [-0.2, 0) is 9.59 Å². The maximum absolute atomic E-state index is 11.8. The van der Waals surface area contributed by atoms with Gasteiger partial charge in [-0.15, -0.1) is 0 Å². The molecule has 1 amide bonds. The topological polar surface area (TPSA) is 92.4 Å². The van der Waals surface area contributed by atoms with Gasteiger partial charge in [-0.3, -0.25) is 4.79 Å². The Balaban J connectivity index is 4.35. The molecule has 0 saturated heterocycles. The first-order valence-corrected chi connectivity index (χ1v) is 6.17. The van der Waals surface area contributed by atoms with Crippen LogP contribution < -0.4 is 11.1 Å². The van der Waals surface area contributed by atoms with Crippen molar-refractivity contribution in [1.82, 2.24) is 5.32 Å². The van der Waals surface area contributed by atoms with Crippen molar-refractivity contribution in [3.8, 4) is 0 Å². The minimum atomic E-state index is -0.973. The quantitative estimate of drug-likeness (QED) is 0.593. The van der Waals surface area contributed by atoms with Crippen LogP contribution in [0, 0.1) is 11.8 Å². The molecule has 0 spiro atoms. The summed E-state index contributed by atoms with van der Waals surface area (Å²) in [7, 11) is 0. The first-order valence-electron chi connectivity index (χ1n) is 6.17. The van der Waals surface area contributed by atoms with E-state index >= 15 is 0 Å². The molecule has 0 aromatic carbocycles. The van der Waals surface area contributed by atoms with Crippen molar-refractivity contribution >= 4 is 11.9 Å². The van der Waals surface area contributed by atoms with Crippen LogP contribution in [0.2, 0.25) is 0 Å². The number of carboxylic acid groups (broad SMARTS) is 1. The van der Waals surface area contributed by atoms with E-state index in [1.807, 2.05) is 13.8 Å². The molecule has 0 aromatic heterocycles. The normalized spacial score (nSPS) is 16.0. The van der Waals surface area contributed by atoms with Crippen LogP contribution in [-0.4, -0.2) is 29.6 Å². The van der Waals surface area contributed by atoms with Crippen LogP contribution in [0.1, 0.15) is 40.0 Å². The molecule has 0 rings (SSSR count). The van der Waals surface area contributed by atoms with Crippen molar-refractivity contribution in [1.29, 1.82) is 0 Å². The molecule has 0 aliphatic heterocycles. The number of hydrogen-bond acceptors (Lipinski definition) is 3. The number of amides is 1. The lowest BCUT2D eigenvalue weighted by atomic mass is 9.97. The Morgan fingerprint density at radius 3 is 2.35 bits per heavy atom. The van der Waals surface area contributed by atoms with E-state index in [0.717, 1.165) is 6.42 Å². The minimum absolute atomic E-state index is 0.0711. The van der Waals surface area contributed by atoms with Gasteiger partial charge < -0.3 is 16.2 Å². The molecular formula is C12H24N2O3. The van der Waals surface area contributed by atoms with Crippen molar-refractivity contribution in [2.75, 3.05) is 6.54 Å². The number of nitrogens with two attached hydrogens (primary N) is 1. The van der Waals surface area contributed by atoms with E-state index in [0.29, 0.717) is 19.4 Å². The average Bonchev–Trinajstić information content (AvgIpc) is 2.31. The Labute approximate surface area is 103 Å². The lowest BCUT2D eigenvalue weighted by Gasteiger charge is -2.22. The molecule has 4 N–H and O–H groups in total. The van der Waals surface area contributed by atoms with Gasteiger partial charge in [0.05, 0.1) is 0 Å². The summed E-state index contributed by atoms with van der Waals surface area (Å²) in [4.78, 5) is 22.8. The maximum Gasteiger partial charge on any atom is 0.326 e. The molecule has 0 saturated carbocycles. The standard InChI is InChI=1S/C12H24N2O3/c1-4-8(2)10(12(16)17)14-11(15)9(3)6-5-7-13/h8-10H,4-7,13H2,1-3H3,(H,14,15)(H,16,17). The molecule has 5 heteroatoms. The third-order valence-corrected chi connectivity index (χ3v) is 3.07. The Kier molecular flexibility index (Phi) is 7.54. The zero-order valence-electron chi connectivity index (χ0n) is 10.9. The van der Waals surface area contributed by atoms with Crippen LogP contribution in [0.5, 0.6) is 0 Å². The van der Waals surface area contributed by atoms with E-state index in [1.165, 1.54) is 0 Å². The van der Waals surface area contributed by atoms with Crippen molar-refractivity contribution in [3.63, 3.8) is 0 Å². The number of carbonyl (C=O) groups excluding carboxylic acids is 1. The third-order valence-electron chi connectivity index (χ3n) is 3.07. The SMILES string of the molecule is CCC(C)C(NC(=O)C(C)CCCN)C(=O)O. The molecule has 0 aromatic rings. The molecule has 0 radical (unpaired) electrons. The summed E-state index contributed by atoms with van der Waals surface area (Å²) in [5.41, 5.74) is 5.37. The number of nitrogens with one attached hydrogen (secondary N) is 1.